The molecule has 0 radical (unpaired) electrons. The Hall–Kier alpha value is -2.65. The molecule has 1 amide bonds. The average molecular weight is 504 g/mol. The van der Waals surface area contributed by atoms with Crippen LogP contribution < -0.4 is 4.90 Å². The van der Waals surface area contributed by atoms with E-state index in [1.165, 1.54) is 17.8 Å². The molecule has 0 atom stereocenters. The van der Waals surface area contributed by atoms with Gasteiger partial charge < -0.3 is 14.5 Å². The van der Waals surface area contributed by atoms with Crippen molar-refractivity contribution in [3.63, 3.8) is 0 Å². The molecule has 3 aliphatic rings. The molecule has 3 aliphatic heterocycles. The zero-order valence-corrected chi connectivity index (χ0v) is 20.4. The predicted octanol–water partition coefficient (Wildman–Crippen LogP) is 6.52. The highest BCUT2D eigenvalue weighted by Crippen LogP contribution is 2.49. The number of halogens is 3. The second kappa shape index (κ2) is 9.09. The number of rotatable bonds is 5. The van der Waals surface area contributed by atoms with Crippen LogP contribution in [0, 0.1) is 0 Å². The summed E-state index contributed by atoms with van der Waals surface area (Å²) in [5.74, 6) is 0. The highest BCUT2D eigenvalue weighted by molar-refractivity contribution is 7.99. The minimum absolute atomic E-state index is 0.315. The smallest absolute Gasteiger partial charge is 0.416 e. The third-order valence-corrected chi connectivity index (χ3v) is 8.27. The average Bonchev–Trinajstić information content (AvgIpc) is 3.07. The zero-order valence-electron chi connectivity index (χ0n) is 19.6. The van der Waals surface area contributed by atoms with Crippen molar-refractivity contribution in [2.45, 2.75) is 47.8 Å². The van der Waals surface area contributed by atoms with Gasteiger partial charge in [-0.15, -0.1) is 0 Å². The molecule has 0 aromatic heterocycles. The molecule has 9 heteroatoms. The van der Waals surface area contributed by atoms with E-state index in [0.29, 0.717) is 31.6 Å². The number of likely N-dealkylation sites (tertiary alicyclic amines) is 1. The summed E-state index contributed by atoms with van der Waals surface area (Å²) in [6.45, 7) is 9.57. The lowest BCUT2D eigenvalue weighted by Crippen LogP contribution is -2.46. The Kier molecular flexibility index (Phi) is 6.25. The van der Waals surface area contributed by atoms with Crippen molar-refractivity contribution in [2.75, 3.05) is 37.6 Å². The molecule has 0 N–H and O–H groups in total. The summed E-state index contributed by atoms with van der Waals surface area (Å²) in [4.78, 5) is 20.0. The number of para-hydroxylation sites is 1. The van der Waals surface area contributed by atoms with Crippen molar-refractivity contribution < 1.29 is 22.7 Å². The molecule has 5 nitrogen and oxygen atoms in total. The van der Waals surface area contributed by atoms with E-state index in [2.05, 4.69) is 11.5 Å². The molecule has 0 aliphatic carbocycles. The number of hydrogen-bond donors (Lipinski definition) is 0. The van der Waals surface area contributed by atoms with E-state index >= 15 is 0 Å². The van der Waals surface area contributed by atoms with Gasteiger partial charge >= 0.3 is 12.3 Å². The van der Waals surface area contributed by atoms with Crippen LogP contribution in [0.5, 0.6) is 0 Å². The number of piperidine rings is 1. The molecule has 0 bridgehead atoms. The van der Waals surface area contributed by atoms with E-state index in [1.807, 2.05) is 36.1 Å². The Balaban J connectivity index is 1.26. The number of alkyl halides is 3. The monoisotopic (exact) mass is 503 g/mol. The Labute approximate surface area is 207 Å². The Morgan fingerprint density at radius 1 is 1.03 bits per heavy atom. The maximum atomic E-state index is 13.4. The quantitative estimate of drug-likeness (QED) is 0.464. The number of nitrogens with zero attached hydrogens (tertiary/aromatic N) is 3. The first-order valence-electron chi connectivity index (χ1n) is 11.9. The minimum atomic E-state index is -4.38. The topological polar surface area (TPSA) is 36.0 Å². The lowest BCUT2D eigenvalue weighted by Gasteiger charge is -2.39. The van der Waals surface area contributed by atoms with Crippen LogP contribution in [-0.4, -0.2) is 54.2 Å². The maximum Gasteiger partial charge on any atom is 0.416 e. The lowest BCUT2D eigenvalue weighted by molar-refractivity contribution is -0.137. The Bertz CT molecular complexity index is 1140. The fraction of sp³-hybridized carbons (Fsp3) is 0.423. The van der Waals surface area contributed by atoms with Crippen molar-refractivity contribution in [2.24, 2.45) is 0 Å². The summed E-state index contributed by atoms with van der Waals surface area (Å²) >= 11 is 1.51. The highest BCUT2D eigenvalue weighted by atomic mass is 32.2. The number of carbonyl (C=O) groups excluding carboxylic acids is 1. The molecular formula is C26H28F3N3O2S. The van der Waals surface area contributed by atoms with Gasteiger partial charge in [0.15, 0.2) is 5.60 Å². The van der Waals surface area contributed by atoms with Gasteiger partial charge in [0.2, 0.25) is 0 Å². The molecule has 2 aromatic carbocycles. The van der Waals surface area contributed by atoms with E-state index in [9.17, 15) is 18.0 Å². The van der Waals surface area contributed by atoms with E-state index in [4.69, 9.17) is 4.74 Å². The van der Waals surface area contributed by atoms with Gasteiger partial charge in [-0.1, -0.05) is 30.5 Å². The van der Waals surface area contributed by atoms with Crippen LogP contribution in [0.25, 0.3) is 0 Å². The second-order valence-corrected chi connectivity index (χ2v) is 10.2. The molecule has 2 aromatic rings. The van der Waals surface area contributed by atoms with Crippen LogP contribution >= 0.6 is 11.8 Å². The summed E-state index contributed by atoms with van der Waals surface area (Å²) in [7, 11) is 0. The van der Waals surface area contributed by atoms with Crippen molar-refractivity contribution in [1.82, 2.24) is 9.80 Å². The molecular weight excluding hydrogens is 475 g/mol. The molecule has 5 rings (SSSR count). The van der Waals surface area contributed by atoms with Crippen LogP contribution in [0.3, 0.4) is 0 Å². The van der Waals surface area contributed by atoms with Crippen molar-refractivity contribution in [1.29, 1.82) is 0 Å². The van der Waals surface area contributed by atoms with E-state index in [1.54, 1.807) is 11.0 Å². The molecule has 0 saturated carbocycles. The van der Waals surface area contributed by atoms with Gasteiger partial charge in [-0.05, 0) is 50.2 Å². The predicted molar refractivity (Wildman–Crippen MR) is 130 cm³/mol. The van der Waals surface area contributed by atoms with E-state index in [-0.39, 0.29) is 6.09 Å². The number of ether oxygens (including phenoxy) is 1. The molecule has 186 valence electrons. The van der Waals surface area contributed by atoms with Crippen molar-refractivity contribution in [3.05, 3.63) is 60.3 Å². The van der Waals surface area contributed by atoms with Crippen molar-refractivity contribution >= 4 is 29.2 Å². The SMILES string of the molecule is C=C1N(CC)C(=O)OC12CCN(CCCN1c3ccccc3Sc3ccc(C(F)(F)F)cc31)CC2. The summed E-state index contributed by atoms with van der Waals surface area (Å²) in [6.07, 6.45) is -2.50. The Morgan fingerprint density at radius 2 is 1.74 bits per heavy atom. The highest BCUT2D eigenvalue weighted by Gasteiger charge is 2.49. The fourth-order valence-electron chi connectivity index (χ4n) is 5.18. The first kappa shape index (κ1) is 24.1. The molecule has 1 spiro atoms. The summed E-state index contributed by atoms with van der Waals surface area (Å²) < 4.78 is 46.0. The number of hydrogen-bond acceptors (Lipinski definition) is 5. The van der Waals surface area contributed by atoms with Gasteiger partial charge in [0.05, 0.1) is 22.6 Å². The normalized spacial score (nSPS) is 19.7. The third kappa shape index (κ3) is 4.40. The summed E-state index contributed by atoms with van der Waals surface area (Å²) in [6, 6.07) is 11.8. The first-order valence-corrected chi connectivity index (χ1v) is 12.7. The second-order valence-electron chi connectivity index (χ2n) is 9.15. The standard InChI is InChI=1S/C26H28F3N3O2S/c1-3-31-18(2)25(34-24(31)33)11-15-30(16-12-25)13-6-14-32-20-7-4-5-8-22(20)35-23-10-9-19(17-21(23)32)26(27,28)29/h4-5,7-10,17H,2-3,6,11-16H2,1H3. The molecule has 2 fully saturated rings. The van der Waals surface area contributed by atoms with Crippen LogP contribution in [-0.2, 0) is 10.9 Å². The maximum absolute atomic E-state index is 13.4. The van der Waals surface area contributed by atoms with Gasteiger partial charge in [-0.3, -0.25) is 4.90 Å². The van der Waals surface area contributed by atoms with Crippen LogP contribution in [0.1, 0.15) is 31.7 Å². The minimum Gasteiger partial charge on any atom is -0.436 e. The van der Waals surface area contributed by atoms with Gasteiger partial charge in [0.25, 0.3) is 0 Å². The third-order valence-electron chi connectivity index (χ3n) is 7.14. The first-order chi connectivity index (χ1) is 16.7. The molecule has 3 heterocycles. The van der Waals surface area contributed by atoms with Gasteiger partial charge in [-0.2, -0.15) is 13.2 Å². The van der Waals surface area contributed by atoms with Crippen LogP contribution in [0.4, 0.5) is 29.3 Å². The van der Waals surface area contributed by atoms with E-state index < -0.39 is 17.3 Å². The number of likely N-dealkylation sites (N-methyl/N-ethyl adjacent to an activating group) is 1. The summed E-state index contributed by atoms with van der Waals surface area (Å²) in [5.41, 5.74) is 1.07. The molecule has 0 unspecified atom stereocenters. The lowest BCUT2D eigenvalue weighted by atomic mass is 9.88. The number of carbonyl (C=O) groups is 1. The largest absolute Gasteiger partial charge is 0.436 e. The number of benzene rings is 2. The van der Waals surface area contributed by atoms with Gasteiger partial charge in [0, 0.05) is 48.8 Å². The van der Waals surface area contributed by atoms with Crippen LogP contribution in [0.15, 0.2) is 64.5 Å². The molecule has 35 heavy (non-hydrogen) atoms. The fourth-order valence-corrected chi connectivity index (χ4v) is 6.26. The molecule has 2 saturated heterocycles. The number of fused-ring (bicyclic) bond motifs is 2. The van der Waals surface area contributed by atoms with Crippen LogP contribution in [0.2, 0.25) is 0 Å². The van der Waals surface area contributed by atoms with E-state index in [0.717, 1.165) is 53.3 Å². The number of amides is 1. The zero-order chi connectivity index (χ0) is 24.8. The van der Waals surface area contributed by atoms with Crippen molar-refractivity contribution in [3.8, 4) is 0 Å². The number of anilines is 2. The summed E-state index contributed by atoms with van der Waals surface area (Å²) in [5, 5.41) is 0. The van der Waals surface area contributed by atoms with Gasteiger partial charge in [0.1, 0.15) is 0 Å². The van der Waals surface area contributed by atoms with Gasteiger partial charge in [-0.25, -0.2) is 4.79 Å². The Morgan fingerprint density at radius 3 is 2.43 bits per heavy atom.